The third kappa shape index (κ3) is 6.84. The number of fused-ring (bicyclic) bond motifs is 2. The van der Waals surface area contributed by atoms with Gasteiger partial charge in [0.05, 0.1) is 39.6 Å². The molecule has 1 aliphatic rings. The van der Waals surface area contributed by atoms with Gasteiger partial charge in [0, 0.05) is 22.2 Å². The SMILES string of the molecule is CC(C)(C)O.Cc1cc2nc(-c3ccc4ncn(C5CCN(C)CC5)c4c3)sc2c(-c2ccc(Cl)cc2)c1CC(=O)O. The first-order valence-electron chi connectivity index (χ1n) is 14.2. The monoisotopic (exact) mass is 604 g/mol. The van der Waals surface area contributed by atoms with Gasteiger partial charge in [-0.15, -0.1) is 11.3 Å². The second kappa shape index (κ2) is 12.1. The van der Waals surface area contributed by atoms with Gasteiger partial charge in [0.15, 0.2) is 0 Å². The van der Waals surface area contributed by atoms with E-state index in [4.69, 9.17) is 21.7 Å². The number of carboxylic acid groups (broad SMARTS) is 1. The third-order valence-corrected chi connectivity index (χ3v) is 8.77. The van der Waals surface area contributed by atoms with Gasteiger partial charge in [-0.1, -0.05) is 23.7 Å². The molecule has 1 fully saturated rings. The number of benzene rings is 3. The van der Waals surface area contributed by atoms with Gasteiger partial charge in [0.1, 0.15) is 5.01 Å². The highest BCUT2D eigenvalue weighted by molar-refractivity contribution is 7.22. The second-order valence-electron chi connectivity index (χ2n) is 12.1. The lowest BCUT2D eigenvalue weighted by Crippen LogP contribution is -2.31. The normalized spacial score (nSPS) is 14.7. The van der Waals surface area contributed by atoms with Crippen LogP contribution in [0.25, 0.3) is 42.9 Å². The van der Waals surface area contributed by atoms with E-state index in [9.17, 15) is 9.90 Å². The number of carboxylic acids is 1. The van der Waals surface area contributed by atoms with Crippen molar-refractivity contribution in [3.63, 3.8) is 0 Å². The van der Waals surface area contributed by atoms with Crippen molar-refractivity contribution >= 4 is 50.2 Å². The molecule has 220 valence electrons. The highest BCUT2D eigenvalue weighted by Gasteiger charge is 2.22. The summed E-state index contributed by atoms with van der Waals surface area (Å²) in [6, 6.07) is 16.4. The van der Waals surface area contributed by atoms with Crippen molar-refractivity contribution in [1.29, 1.82) is 0 Å². The fourth-order valence-corrected chi connectivity index (χ4v) is 6.64. The van der Waals surface area contributed by atoms with Crippen molar-refractivity contribution in [3.05, 3.63) is 71.0 Å². The number of thiazole rings is 1. The van der Waals surface area contributed by atoms with Crippen LogP contribution in [0.2, 0.25) is 5.02 Å². The molecule has 0 radical (unpaired) electrons. The number of hydrogen-bond donors (Lipinski definition) is 2. The largest absolute Gasteiger partial charge is 0.481 e. The van der Waals surface area contributed by atoms with Gasteiger partial charge >= 0.3 is 5.97 Å². The number of piperidine rings is 1. The highest BCUT2D eigenvalue weighted by atomic mass is 35.5. The van der Waals surface area contributed by atoms with E-state index in [1.165, 1.54) is 0 Å². The van der Waals surface area contributed by atoms with Crippen LogP contribution >= 0.6 is 22.9 Å². The molecule has 5 aromatic rings. The molecule has 6 rings (SSSR count). The summed E-state index contributed by atoms with van der Waals surface area (Å²) in [5.74, 6) is -0.852. The molecule has 1 saturated heterocycles. The van der Waals surface area contributed by atoms with E-state index in [-0.39, 0.29) is 6.42 Å². The maximum absolute atomic E-state index is 11.8. The van der Waals surface area contributed by atoms with Crippen molar-refractivity contribution < 1.29 is 15.0 Å². The standard InChI is InChI=1S/C29H27ClN4O2S.C4H10O/c1-17-13-24-28(27(22(17)15-26(35)36)18-3-6-20(30)7-4-18)37-29(32-24)19-5-8-23-25(14-19)34(16-31-23)21-9-11-33(2)12-10-21;1-4(2,3)5/h3-8,13-14,16,21H,9-12,15H2,1-2H3,(H,35,36);5H,1-3H3. The number of aliphatic hydroxyl groups is 1. The number of aromatic nitrogens is 3. The van der Waals surface area contributed by atoms with E-state index in [1.807, 2.05) is 43.6 Å². The molecule has 0 saturated carbocycles. The minimum atomic E-state index is -0.852. The van der Waals surface area contributed by atoms with Gasteiger partial charge in [-0.25, -0.2) is 9.97 Å². The third-order valence-electron chi connectivity index (χ3n) is 7.38. The van der Waals surface area contributed by atoms with Gasteiger partial charge in [-0.05, 0) is 114 Å². The molecule has 0 bridgehead atoms. The van der Waals surface area contributed by atoms with Gasteiger partial charge in [-0.3, -0.25) is 4.79 Å². The van der Waals surface area contributed by atoms with E-state index in [2.05, 4.69) is 39.7 Å². The summed E-state index contributed by atoms with van der Waals surface area (Å²) in [5.41, 5.74) is 7.15. The molecule has 42 heavy (non-hydrogen) atoms. The Morgan fingerprint density at radius 1 is 1.05 bits per heavy atom. The molecular formula is C33H37ClN4O3S. The summed E-state index contributed by atoms with van der Waals surface area (Å²) in [6.45, 7) is 9.37. The fourth-order valence-electron chi connectivity index (χ4n) is 5.38. The Bertz CT molecular complexity index is 1720. The van der Waals surface area contributed by atoms with Crippen LogP contribution in [0.4, 0.5) is 0 Å². The molecule has 9 heteroatoms. The van der Waals surface area contributed by atoms with Crippen molar-refractivity contribution in [2.24, 2.45) is 0 Å². The van der Waals surface area contributed by atoms with E-state index in [0.29, 0.717) is 11.1 Å². The number of halogens is 1. The van der Waals surface area contributed by atoms with Crippen LogP contribution in [0.15, 0.2) is 54.9 Å². The predicted octanol–water partition coefficient (Wildman–Crippen LogP) is 7.61. The first kappa shape index (κ1) is 30.2. The van der Waals surface area contributed by atoms with Gasteiger partial charge in [0.25, 0.3) is 0 Å². The summed E-state index contributed by atoms with van der Waals surface area (Å²) < 4.78 is 3.32. The second-order valence-corrected chi connectivity index (χ2v) is 13.5. The Labute approximate surface area is 255 Å². The first-order chi connectivity index (χ1) is 19.9. The average molecular weight is 605 g/mol. The van der Waals surface area contributed by atoms with Crippen molar-refractivity contribution in [2.45, 2.75) is 58.6 Å². The van der Waals surface area contributed by atoms with E-state index < -0.39 is 11.6 Å². The lowest BCUT2D eigenvalue weighted by molar-refractivity contribution is -0.136. The Kier molecular flexibility index (Phi) is 8.71. The van der Waals surface area contributed by atoms with Crippen LogP contribution < -0.4 is 0 Å². The maximum atomic E-state index is 11.8. The zero-order chi connectivity index (χ0) is 30.2. The van der Waals surface area contributed by atoms with E-state index in [0.717, 1.165) is 80.0 Å². The van der Waals surface area contributed by atoms with Crippen LogP contribution in [-0.4, -0.2) is 61.4 Å². The number of carbonyl (C=O) groups is 1. The van der Waals surface area contributed by atoms with Crippen LogP contribution in [0, 0.1) is 6.92 Å². The number of imidazole rings is 1. The molecule has 0 atom stereocenters. The van der Waals surface area contributed by atoms with Gasteiger partial charge in [0.2, 0.25) is 0 Å². The van der Waals surface area contributed by atoms with E-state index in [1.54, 1.807) is 32.1 Å². The number of aliphatic carboxylic acids is 1. The Morgan fingerprint density at radius 3 is 2.33 bits per heavy atom. The van der Waals surface area contributed by atoms with Gasteiger partial charge < -0.3 is 19.7 Å². The molecule has 0 amide bonds. The average Bonchev–Trinajstić information content (AvgIpc) is 3.53. The number of nitrogens with zero attached hydrogens (tertiary/aromatic N) is 4. The van der Waals surface area contributed by atoms with Crippen molar-refractivity contribution in [1.82, 2.24) is 19.4 Å². The van der Waals surface area contributed by atoms with Crippen LogP contribution in [0.3, 0.4) is 0 Å². The van der Waals surface area contributed by atoms with Crippen molar-refractivity contribution in [3.8, 4) is 21.7 Å². The first-order valence-corrected chi connectivity index (χ1v) is 15.4. The molecule has 3 aromatic carbocycles. The number of rotatable bonds is 5. The lowest BCUT2D eigenvalue weighted by atomic mass is 9.93. The smallest absolute Gasteiger partial charge is 0.307 e. The topological polar surface area (TPSA) is 91.5 Å². The molecule has 0 unspecified atom stereocenters. The summed E-state index contributed by atoms with van der Waals surface area (Å²) in [6.07, 6.45) is 4.16. The Morgan fingerprint density at radius 2 is 1.69 bits per heavy atom. The fraction of sp³-hybridized carbons (Fsp3) is 0.364. The van der Waals surface area contributed by atoms with Crippen molar-refractivity contribution in [2.75, 3.05) is 20.1 Å². The molecule has 7 nitrogen and oxygen atoms in total. The molecule has 2 N–H and O–H groups in total. The summed E-state index contributed by atoms with van der Waals surface area (Å²) in [5, 5.41) is 19.7. The minimum absolute atomic E-state index is 0.0469. The number of aryl methyl sites for hydroxylation is 1. The Hall–Kier alpha value is -3.30. The molecule has 0 aliphatic carbocycles. The Balaban J connectivity index is 0.000000652. The summed E-state index contributed by atoms with van der Waals surface area (Å²) in [4.78, 5) is 23.8. The predicted molar refractivity (Wildman–Crippen MR) is 173 cm³/mol. The number of likely N-dealkylation sites (tertiary alicyclic amines) is 1. The van der Waals surface area contributed by atoms with Crippen LogP contribution in [-0.2, 0) is 11.2 Å². The van der Waals surface area contributed by atoms with Crippen LogP contribution in [0.5, 0.6) is 0 Å². The number of hydrogen-bond acceptors (Lipinski definition) is 6. The maximum Gasteiger partial charge on any atom is 0.307 e. The molecule has 1 aliphatic heterocycles. The summed E-state index contributed by atoms with van der Waals surface area (Å²) >= 11 is 7.76. The lowest BCUT2D eigenvalue weighted by Gasteiger charge is -2.30. The summed E-state index contributed by atoms with van der Waals surface area (Å²) in [7, 11) is 2.18. The molecule has 3 heterocycles. The quantitative estimate of drug-likeness (QED) is 0.214. The van der Waals surface area contributed by atoms with Crippen LogP contribution in [0.1, 0.15) is 50.8 Å². The minimum Gasteiger partial charge on any atom is -0.481 e. The zero-order valence-corrected chi connectivity index (χ0v) is 26.3. The molecular weight excluding hydrogens is 568 g/mol. The highest BCUT2D eigenvalue weighted by Crippen LogP contribution is 2.41. The molecule has 2 aromatic heterocycles. The molecule has 0 spiro atoms. The van der Waals surface area contributed by atoms with E-state index >= 15 is 0 Å². The van der Waals surface area contributed by atoms with Gasteiger partial charge in [-0.2, -0.15) is 0 Å². The zero-order valence-electron chi connectivity index (χ0n) is 24.7.